The Morgan fingerprint density at radius 3 is 2.16 bits per heavy atom. The van der Waals surface area contributed by atoms with E-state index in [9.17, 15) is 13.2 Å². The van der Waals surface area contributed by atoms with E-state index in [0.717, 1.165) is 6.07 Å². The van der Waals surface area contributed by atoms with Crippen LogP contribution in [0.1, 0.15) is 40.2 Å². The Bertz CT molecular complexity index is 619. The quantitative estimate of drug-likeness (QED) is 0.439. The van der Waals surface area contributed by atoms with Crippen molar-refractivity contribution in [2.24, 2.45) is 0 Å². The second-order valence-corrected chi connectivity index (χ2v) is 7.14. The van der Waals surface area contributed by atoms with Gasteiger partial charge in [-0.05, 0) is 46.8 Å². The molecule has 140 valence electrons. The summed E-state index contributed by atoms with van der Waals surface area (Å²) in [5.74, 6) is -0.0771. The average Bonchev–Trinajstić information content (AvgIpc) is 2.65. The van der Waals surface area contributed by atoms with E-state index in [4.69, 9.17) is 30.4 Å². The summed E-state index contributed by atoms with van der Waals surface area (Å²) in [6.45, 7) is 8.94. The monoisotopic (exact) mass is 380 g/mol. The minimum absolute atomic E-state index is 0.0771. The highest BCUT2D eigenvalue weighted by molar-refractivity contribution is 6.64. The molecule has 0 unspecified atom stereocenters. The van der Waals surface area contributed by atoms with E-state index in [0.29, 0.717) is 6.61 Å². The van der Waals surface area contributed by atoms with Crippen LogP contribution in [0.3, 0.4) is 0 Å². The molecule has 0 radical (unpaired) electrons. The highest BCUT2D eigenvalue weighted by atomic mass is 35.5. The Hall–Kier alpha value is -0.955. The zero-order valence-corrected chi connectivity index (χ0v) is 15.5. The highest BCUT2D eigenvalue weighted by Gasteiger charge is 2.54. The van der Waals surface area contributed by atoms with E-state index in [1.807, 2.05) is 0 Å². The predicted molar refractivity (Wildman–Crippen MR) is 89.3 cm³/mol. The van der Waals surface area contributed by atoms with Crippen molar-refractivity contribution >= 4 is 24.2 Å². The van der Waals surface area contributed by atoms with Crippen LogP contribution in [0.5, 0.6) is 5.75 Å². The molecule has 1 heterocycles. The molecular weight excluding hydrogens is 359 g/mol. The number of alkyl halides is 3. The van der Waals surface area contributed by atoms with Crippen LogP contribution in [-0.4, -0.2) is 31.7 Å². The molecule has 0 spiro atoms. The van der Waals surface area contributed by atoms with Crippen molar-refractivity contribution in [3.8, 4) is 5.75 Å². The van der Waals surface area contributed by atoms with Gasteiger partial charge in [0.25, 0.3) is 0 Å². The number of halogens is 4. The molecule has 1 saturated heterocycles. The molecule has 1 aliphatic heterocycles. The maximum absolute atomic E-state index is 13.6. The SMILES string of the molecule is CCOCOc1cc(Cl)cc(C(F)(F)F)c1B1OC(C)(C)C(C)(C)O1. The first-order valence-electron chi connectivity index (χ1n) is 7.86. The van der Waals surface area contributed by atoms with Gasteiger partial charge in [-0.15, -0.1) is 0 Å². The van der Waals surface area contributed by atoms with Crippen molar-refractivity contribution < 1.29 is 32.0 Å². The Balaban J connectivity index is 2.53. The molecule has 0 saturated carbocycles. The topological polar surface area (TPSA) is 36.9 Å². The van der Waals surface area contributed by atoms with Crippen LogP contribution in [0.25, 0.3) is 0 Å². The first kappa shape index (κ1) is 20.4. The Kier molecular flexibility index (Phi) is 5.69. The van der Waals surface area contributed by atoms with Gasteiger partial charge in [0.05, 0.1) is 16.8 Å². The minimum Gasteiger partial charge on any atom is -0.468 e. The summed E-state index contributed by atoms with van der Waals surface area (Å²) in [6, 6.07) is 2.14. The van der Waals surface area contributed by atoms with Crippen LogP contribution < -0.4 is 10.2 Å². The number of rotatable bonds is 5. The molecule has 0 N–H and O–H groups in total. The van der Waals surface area contributed by atoms with Crippen LogP contribution in [0, 0.1) is 0 Å². The summed E-state index contributed by atoms with van der Waals surface area (Å²) in [4.78, 5) is 0. The minimum atomic E-state index is -4.65. The third-order valence-corrected chi connectivity index (χ3v) is 4.62. The van der Waals surface area contributed by atoms with Gasteiger partial charge in [0, 0.05) is 17.1 Å². The number of hydrogen-bond donors (Lipinski definition) is 0. The summed E-state index contributed by atoms with van der Waals surface area (Å²) in [7, 11) is -1.24. The van der Waals surface area contributed by atoms with Gasteiger partial charge in [-0.2, -0.15) is 13.2 Å². The summed E-state index contributed by atoms with van der Waals surface area (Å²) in [5.41, 5.74) is -2.78. The van der Waals surface area contributed by atoms with Crippen molar-refractivity contribution in [2.75, 3.05) is 13.4 Å². The second kappa shape index (κ2) is 6.98. The maximum atomic E-state index is 13.6. The first-order valence-corrected chi connectivity index (χ1v) is 8.23. The Morgan fingerprint density at radius 1 is 1.12 bits per heavy atom. The molecule has 0 amide bonds. The second-order valence-electron chi connectivity index (χ2n) is 6.71. The Morgan fingerprint density at radius 2 is 1.68 bits per heavy atom. The van der Waals surface area contributed by atoms with Crippen LogP contribution in [0.4, 0.5) is 13.2 Å². The van der Waals surface area contributed by atoms with Gasteiger partial charge in [-0.1, -0.05) is 11.6 Å². The first-order chi connectivity index (χ1) is 11.4. The molecule has 0 aromatic heterocycles. The highest BCUT2D eigenvalue weighted by Crippen LogP contribution is 2.40. The molecule has 25 heavy (non-hydrogen) atoms. The smallest absolute Gasteiger partial charge is 0.468 e. The number of ether oxygens (including phenoxy) is 2. The van der Waals surface area contributed by atoms with E-state index in [-0.39, 0.29) is 23.0 Å². The van der Waals surface area contributed by atoms with Gasteiger partial charge in [-0.3, -0.25) is 0 Å². The summed E-state index contributed by atoms with van der Waals surface area (Å²) < 4.78 is 62.8. The van der Waals surface area contributed by atoms with Crippen molar-refractivity contribution in [1.82, 2.24) is 0 Å². The van der Waals surface area contributed by atoms with Gasteiger partial charge in [-0.25, -0.2) is 0 Å². The largest absolute Gasteiger partial charge is 0.499 e. The Labute approximate surface area is 150 Å². The number of benzene rings is 1. The molecule has 1 fully saturated rings. The van der Waals surface area contributed by atoms with E-state index in [1.54, 1.807) is 34.6 Å². The van der Waals surface area contributed by atoms with E-state index < -0.39 is 30.1 Å². The van der Waals surface area contributed by atoms with Crippen LogP contribution in [-0.2, 0) is 20.2 Å². The normalized spacial score (nSPS) is 19.3. The molecule has 1 aromatic carbocycles. The van der Waals surface area contributed by atoms with Crippen molar-refractivity contribution in [2.45, 2.75) is 52.0 Å². The van der Waals surface area contributed by atoms with Gasteiger partial charge in [0.15, 0.2) is 6.79 Å². The summed E-state index contributed by atoms with van der Waals surface area (Å²) >= 11 is 5.86. The summed E-state index contributed by atoms with van der Waals surface area (Å²) in [6.07, 6.45) is -4.65. The van der Waals surface area contributed by atoms with Crippen molar-refractivity contribution in [1.29, 1.82) is 0 Å². The predicted octanol–water partition coefficient (Wildman–Crippen LogP) is 4.03. The lowest BCUT2D eigenvalue weighted by molar-refractivity contribution is -0.137. The van der Waals surface area contributed by atoms with Gasteiger partial charge < -0.3 is 18.8 Å². The molecule has 1 aliphatic rings. The fraction of sp³-hybridized carbons (Fsp3) is 0.625. The fourth-order valence-corrected chi connectivity index (χ4v) is 2.55. The van der Waals surface area contributed by atoms with E-state index >= 15 is 0 Å². The molecule has 2 rings (SSSR count). The lowest BCUT2D eigenvalue weighted by Crippen LogP contribution is -2.41. The van der Waals surface area contributed by atoms with Crippen molar-refractivity contribution in [3.05, 3.63) is 22.7 Å². The molecule has 0 atom stereocenters. The molecule has 9 heteroatoms. The molecule has 0 bridgehead atoms. The van der Waals surface area contributed by atoms with Gasteiger partial charge >= 0.3 is 13.3 Å². The standard InChI is InChI=1S/C16H21BClF3O4/c1-6-22-9-23-12-8-10(18)7-11(16(19,20)21)13(12)17-24-14(2,3)15(4,5)25-17/h7-8H,6,9H2,1-5H3. The van der Waals surface area contributed by atoms with Gasteiger partial charge in [0.2, 0.25) is 0 Å². The molecule has 1 aromatic rings. The zero-order valence-electron chi connectivity index (χ0n) is 14.8. The third kappa shape index (κ3) is 4.24. The molecule has 4 nitrogen and oxygen atoms in total. The molecular formula is C16H21BClF3O4. The molecule has 0 aliphatic carbocycles. The van der Waals surface area contributed by atoms with E-state index in [2.05, 4.69) is 0 Å². The lowest BCUT2D eigenvalue weighted by Gasteiger charge is -2.32. The lowest BCUT2D eigenvalue weighted by atomic mass is 9.75. The van der Waals surface area contributed by atoms with Gasteiger partial charge in [0.1, 0.15) is 5.75 Å². The van der Waals surface area contributed by atoms with E-state index in [1.165, 1.54) is 6.07 Å². The van der Waals surface area contributed by atoms with Crippen molar-refractivity contribution in [3.63, 3.8) is 0 Å². The maximum Gasteiger partial charge on any atom is 0.499 e. The van der Waals surface area contributed by atoms with Crippen LogP contribution >= 0.6 is 11.6 Å². The van der Waals surface area contributed by atoms with Crippen LogP contribution in [0.15, 0.2) is 12.1 Å². The fourth-order valence-electron chi connectivity index (χ4n) is 2.34. The zero-order chi connectivity index (χ0) is 19.0. The third-order valence-electron chi connectivity index (χ3n) is 4.40. The summed E-state index contributed by atoms with van der Waals surface area (Å²) in [5, 5.41) is -0.0981. The average molecular weight is 381 g/mol. The van der Waals surface area contributed by atoms with Crippen LogP contribution in [0.2, 0.25) is 5.02 Å². The number of hydrogen-bond acceptors (Lipinski definition) is 4.